The molecule has 0 amide bonds. The van der Waals surface area contributed by atoms with Crippen LogP contribution >= 0.6 is 11.3 Å². The van der Waals surface area contributed by atoms with Crippen molar-refractivity contribution in [3.8, 4) is 5.75 Å². The number of phenolic OH excluding ortho intramolecular Hbond substituents is 1. The van der Waals surface area contributed by atoms with Crippen molar-refractivity contribution in [2.24, 2.45) is 10.9 Å². The summed E-state index contributed by atoms with van der Waals surface area (Å²) in [4.78, 5) is 10.9. The Balaban J connectivity index is 2.08. The largest absolute Gasteiger partial charge is 0.507 e. The minimum Gasteiger partial charge on any atom is -0.507 e. The number of fused-ring (bicyclic) bond motifs is 2. The second-order valence-electron chi connectivity index (χ2n) is 5.84. The lowest BCUT2D eigenvalue weighted by molar-refractivity contribution is 0.475. The van der Waals surface area contributed by atoms with Crippen molar-refractivity contribution >= 4 is 38.0 Å². The van der Waals surface area contributed by atoms with Gasteiger partial charge in [-0.2, -0.15) is 5.10 Å². The topological polar surface area (TPSA) is 84.4 Å². The molecular formula is C19H16N4OS. The van der Waals surface area contributed by atoms with Crippen LogP contribution in [0, 0.1) is 13.8 Å². The number of aromatic hydroxyl groups is 1. The van der Waals surface area contributed by atoms with Gasteiger partial charge in [0.2, 0.25) is 0 Å². The van der Waals surface area contributed by atoms with Gasteiger partial charge in [-0.15, -0.1) is 11.3 Å². The zero-order chi connectivity index (χ0) is 17.6. The minimum atomic E-state index is 0.124. The summed E-state index contributed by atoms with van der Waals surface area (Å²) in [6.45, 7) is 4.10. The molecule has 4 aromatic rings. The SMILES string of the molecule is Cc1sc2ncnc(/C(=N/N)c3c(O)ccc4ccccc34)c2c1C. The van der Waals surface area contributed by atoms with Gasteiger partial charge in [-0.05, 0) is 36.2 Å². The van der Waals surface area contributed by atoms with Crippen molar-refractivity contribution in [2.75, 3.05) is 0 Å². The highest BCUT2D eigenvalue weighted by Gasteiger charge is 2.21. The summed E-state index contributed by atoms with van der Waals surface area (Å²) in [5, 5.41) is 17.4. The van der Waals surface area contributed by atoms with E-state index in [9.17, 15) is 5.11 Å². The Morgan fingerprint density at radius 1 is 1.12 bits per heavy atom. The van der Waals surface area contributed by atoms with Crippen molar-refractivity contribution in [2.45, 2.75) is 13.8 Å². The number of nitrogens with zero attached hydrogens (tertiary/aromatic N) is 3. The average molecular weight is 348 g/mol. The Morgan fingerprint density at radius 2 is 1.92 bits per heavy atom. The molecule has 0 aliphatic rings. The van der Waals surface area contributed by atoms with Crippen LogP contribution in [0.2, 0.25) is 0 Å². The fourth-order valence-electron chi connectivity index (χ4n) is 3.11. The maximum Gasteiger partial charge on any atom is 0.127 e. The van der Waals surface area contributed by atoms with E-state index in [-0.39, 0.29) is 5.75 Å². The predicted octanol–water partition coefficient (Wildman–Crippen LogP) is 3.88. The quantitative estimate of drug-likeness (QED) is 0.327. The number of hydrazone groups is 1. The third kappa shape index (κ3) is 2.34. The molecular weight excluding hydrogens is 332 g/mol. The molecule has 124 valence electrons. The van der Waals surface area contributed by atoms with E-state index in [1.807, 2.05) is 37.3 Å². The summed E-state index contributed by atoms with van der Waals surface area (Å²) in [7, 11) is 0. The van der Waals surface area contributed by atoms with Gasteiger partial charge in [0.15, 0.2) is 0 Å². The number of aryl methyl sites for hydroxylation is 2. The second kappa shape index (κ2) is 5.82. The van der Waals surface area contributed by atoms with Crippen molar-refractivity contribution in [3.05, 3.63) is 64.4 Å². The third-order valence-corrected chi connectivity index (χ3v) is 5.58. The van der Waals surface area contributed by atoms with Gasteiger partial charge in [0.05, 0.1) is 5.56 Å². The van der Waals surface area contributed by atoms with E-state index >= 15 is 0 Å². The first-order valence-electron chi connectivity index (χ1n) is 7.82. The number of nitrogens with two attached hydrogens (primary N) is 1. The molecule has 2 aromatic carbocycles. The van der Waals surface area contributed by atoms with Crippen LogP contribution in [0.4, 0.5) is 0 Å². The molecule has 0 unspecified atom stereocenters. The van der Waals surface area contributed by atoms with Crippen LogP contribution in [0.15, 0.2) is 47.8 Å². The Bertz CT molecular complexity index is 1150. The van der Waals surface area contributed by atoms with Gasteiger partial charge in [-0.3, -0.25) is 0 Å². The Labute approximate surface area is 148 Å². The highest BCUT2D eigenvalue weighted by molar-refractivity contribution is 7.18. The molecule has 2 heterocycles. The summed E-state index contributed by atoms with van der Waals surface area (Å²) in [6.07, 6.45) is 1.51. The van der Waals surface area contributed by atoms with Crippen LogP contribution in [-0.4, -0.2) is 20.8 Å². The smallest absolute Gasteiger partial charge is 0.127 e. The fraction of sp³-hybridized carbons (Fsp3) is 0.105. The van der Waals surface area contributed by atoms with Gasteiger partial charge < -0.3 is 10.9 Å². The van der Waals surface area contributed by atoms with Crippen LogP contribution in [0.25, 0.3) is 21.0 Å². The molecule has 5 nitrogen and oxygen atoms in total. The molecule has 0 aliphatic carbocycles. The molecule has 0 atom stereocenters. The first-order chi connectivity index (χ1) is 12.1. The summed E-state index contributed by atoms with van der Waals surface area (Å²) < 4.78 is 0. The lowest BCUT2D eigenvalue weighted by Crippen LogP contribution is -2.11. The molecule has 6 heteroatoms. The van der Waals surface area contributed by atoms with Crippen molar-refractivity contribution in [1.29, 1.82) is 0 Å². The lowest BCUT2D eigenvalue weighted by atomic mass is 9.96. The average Bonchev–Trinajstić information content (AvgIpc) is 2.92. The number of thiophene rings is 1. The molecule has 0 saturated carbocycles. The van der Waals surface area contributed by atoms with Crippen molar-refractivity contribution in [1.82, 2.24) is 9.97 Å². The van der Waals surface area contributed by atoms with Gasteiger partial charge in [0.1, 0.15) is 28.3 Å². The molecule has 0 bridgehead atoms. The van der Waals surface area contributed by atoms with Crippen LogP contribution in [0.5, 0.6) is 5.75 Å². The second-order valence-corrected chi connectivity index (χ2v) is 7.05. The predicted molar refractivity (Wildman–Crippen MR) is 102 cm³/mol. The standard InChI is InChI=1S/C19H16N4OS/c1-10-11(2)25-19-15(10)17(21-9-22-19)18(23-20)16-13-6-4-3-5-12(13)7-8-14(16)24/h3-9,24H,20H2,1-2H3/b23-18+. The zero-order valence-electron chi connectivity index (χ0n) is 13.8. The molecule has 4 rings (SSSR count). The Kier molecular flexibility index (Phi) is 3.62. The minimum absolute atomic E-state index is 0.124. The first-order valence-corrected chi connectivity index (χ1v) is 8.63. The monoisotopic (exact) mass is 348 g/mol. The lowest BCUT2D eigenvalue weighted by Gasteiger charge is -2.12. The van der Waals surface area contributed by atoms with Crippen molar-refractivity contribution in [3.63, 3.8) is 0 Å². The first kappa shape index (κ1) is 15.5. The van der Waals surface area contributed by atoms with Gasteiger partial charge in [0, 0.05) is 10.3 Å². The zero-order valence-corrected chi connectivity index (χ0v) is 14.6. The van der Waals surface area contributed by atoms with E-state index in [1.54, 1.807) is 17.4 Å². The van der Waals surface area contributed by atoms with Crippen LogP contribution in [0.3, 0.4) is 0 Å². The molecule has 0 saturated heterocycles. The number of hydrogen-bond acceptors (Lipinski definition) is 6. The molecule has 25 heavy (non-hydrogen) atoms. The normalized spacial score (nSPS) is 12.2. The molecule has 0 radical (unpaired) electrons. The van der Waals surface area contributed by atoms with E-state index in [0.29, 0.717) is 17.0 Å². The number of hydrogen-bond donors (Lipinski definition) is 2. The number of aromatic nitrogens is 2. The maximum atomic E-state index is 10.5. The van der Waals surface area contributed by atoms with Gasteiger partial charge in [0.25, 0.3) is 0 Å². The van der Waals surface area contributed by atoms with E-state index in [4.69, 9.17) is 5.84 Å². The van der Waals surface area contributed by atoms with Gasteiger partial charge in [-0.25, -0.2) is 9.97 Å². The summed E-state index contributed by atoms with van der Waals surface area (Å²) >= 11 is 1.61. The Hall–Kier alpha value is -2.99. The fourth-order valence-corrected chi connectivity index (χ4v) is 4.11. The molecule has 2 aromatic heterocycles. The van der Waals surface area contributed by atoms with Gasteiger partial charge in [-0.1, -0.05) is 30.3 Å². The summed E-state index contributed by atoms with van der Waals surface area (Å²) in [5.74, 6) is 5.89. The highest BCUT2D eigenvalue weighted by Crippen LogP contribution is 2.34. The maximum absolute atomic E-state index is 10.5. The molecule has 0 fully saturated rings. The number of phenols is 1. The van der Waals surface area contributed by atoms with Crippen LogP contribution in [0.1, 0.15) is 21.7 Å². The van der Waals surface area contributed by atoms with Gasteiger partial charge >= 0.3 is 0 Å². The van der Waals surface area contributed by atoms with E-state index in [2.05, 4.69) is 22.0 Å². The number of benzene rings is 2. The van der Waals surface area contributed by atoms with Crippen LogP contribution < -0.4 is 5.84 Å². The van der Waals surface area contributed by atoms with Crippen molar-refractivity contribution < 1.29 is 5.11 Å². The summed E-state index contributed by atoms with van der Waals surface area (Å²) in [6, 6.07) is 11.3. The van der Waals surface area contributed by atoms with E-state index in [1.165, 1.54) is 11.2 Å². The van der Waals surface area contributed by atoms with E-state index < -0.39 is 0 Å². The molecule has 0 aliphatic heterocycles. The van der Waals surface area contributed by atoms with Crippen LogP contribution in [-0.2, 0) is 0 Å². The Morgan fingerprint density at radius 3 is 2.72 bits per heavy atom. The molecule has 3 N–H and O–H groups in total. The third-order valence-electron chi connectivity index (χ3n) is 4.46. The van der Waals surface area contributed by atoms with E-state index in [0.717, 1.165) is 26.6 Å². The summed E-state index contributed by atoms with van der Waals surface area (Å²) in [5.41, 5.74) is 2.80. The number of rotatable bonds is 2. The highest BCUT2D eigenvalue weighted by atomic mass is 32.1. The molecule has 0 spiro atoms.